The van der Waals surface area contributed by atoms with Gasteiger partial charge in [-0.2, -0.15) is 0 Å². The zero-order chi connectivity index (χ0) is 16.4. The maximum Gasteiger partial charge on any atom is 0.256 e. The largest absolute Gasteiger partial charge is 0.349 e. The third-order valence-corrected chi connectivity index (χ3v) is 3.68. The summed E-state index contributed by atoms with van der Waals surface area (Å²) >= 11 is 0. The van der Waals surface area contributed by atoms with Gasteiger partial charge in [0, 0.05) is 12.6 Å². The van der Waals surface area contributed by atoms with E-state index in [4.69, 9.17) is 0 Å². The number of carbonyl (C=O) groups is 1. The summed E-state index contributed by atoms with van der Waals surface area (Å²) in [4.78, 5) is 35.6. The molecule has 0 saturated heterocycles. The number of imidazole rings is 1. The van der Waals surface area contributed by atoms with Gasteiger partial charge in [-0.25, -0.2) is 9.97 Å². The highest BCUT2D eigenvalue weighted by Gasteiger charge is 2.11. The van der Waals surface area contributed by atoms with Crippen molar-refractivity contribution >= 4 is 16.9 Å². The topological polar surface area (TPSA) is 92.7 Å². The molecule has 0 radical (unpaired) electrons. The number of para-hydroxylation sites is 2. The van der Waals surface area contributed by atoms with E-state index < -0.39 is 0 Å². The minimum absolute atomic E-state index is 0.0716. The van der Waals surface area contributed by atoms with Gasteiger partial charge in [-0.05, 0) is 19.1 Å². The maximum atomic E-state index is 12.0. The molecule has 2 N–H and O–H groups in total. The van der Waals surface area contributed by atoms with Crippen LogP contribution < -0.4 is 10.9 Å². The van der Waals surface area contributed by atoms with Crippen LogP contribution in [0.2, 0.25) is 0 Å². The summed E-state index contributed by atoms with van der Waals surface area (Å²) in [6.45, 7) is 1.98. The van der Waals surface area contributed by atoms with Crippen molar-refractivity contribution in [3.8, 4) is 0 Å². The molecule has 0 aliphatic heterocycles. The summed E-state index contributed by atoms with van der Waals surface area (Å²) in [5.74, 6) is 0.488. The quantitative estimate of drug-likeness (QED) is 0.746. The van der Waals surface area contributed by atoms with Crippen molar-refractivity contribution in [2.75, 3.05) is 0 Å². The number of nitrogens with zero attached hydrogens (tertiary/aromatic N) is 3. The zero-order valence-electron chi connectivity index (χ0n) is 13.0. The number of aromatic nitrogens is 4. The standard InChI is InChI=1S/C16H17N5O2/c1-10-13(18-9-21(2)16(10)23)7-15(22)17-8-14-19-11-5-3-4-6-12(11)20-14/h3-6,9H,7-8H2,1-2H3,(H,17,22)(H,19,20). The first-order valence-corrected chi connectivity index (χ1v) is 7.26. The first-order chi connectivity index (χ1) is 11.0. The number of aromatic amines is 1. The Hall–Kier alpha value is -2.96. The van der Waals surface area contributed by atoms with Crippen LogP contribution in [-0.4, -0.2) is 25.4 Å². The molecule has 3 rings (SSSR count). The number of nitrogens with one attached hydrogen (secondary N) is 2. The van der Waals surface area contributed by atoms with Gasteiger partial charge in [0.1, 0.15) is 5.82 Å². The zero-order valence-corrected chi connectivity index (χ0v) is 13.0. The molecule has 0 aliphatic carbocycles. The summed E-state index contributed by atoms with van der Waals surface area (Å²) in [6.07, 6.45) is 1.50. The van der Waals surface area contributed by atoms with E-state index >= 15 is 0 Å². The summed E-state index contributed by atoms with van der Waals surface area (Å²) in [7, 11) is 1.63. The predicted octanol–water partition coefficient (Wildman–Crippen LogP) is 0.824. The molecule has 118 valence electrons. The van der Waals surface area contributed by atoms with Crippen molar-refractivity contribution in [2.45, 2.75) is 19.9 Å². The number of fused-ring (bicyclic) bond motifs is 1. The average molecular weight is 311 g/mol. The number of aryl methyl sites for hydroxylation is 1. The second-order valence-corrected chi connectivity index (χ2v) is 5.39. The molecule has 0 fully saturated rings. The second kappa shape index (κ2) is 6.04. The Bertz CT molecular complexity index is 893. The van der Waals surface area contributed by atoms with Crippen LogP contribution in [0, 0.1) is 6.92 Å². The van der Waals surface area contributed by atoms with E-state index in [1.54, 1.807) is 14.0 Å². The summed E-state index contributed by atoms with van der Waals surface area (Å²) in [5, 5.41) is 2.79. The molecule has 7 heteroatoms. The average Bonchev–Trinajstić information content (AvgIpc) is 2.96. The number of carbonyl (C=O) groups excluding carboxylic acids is 1. The first-order valence-electron chi connectivity index (χ1n) is 7.26. The van der Waals surface area contributed by atoms with Crippen LogP contribution >= 0.6 is 0 Å². The van der Waals surface area contributed by atoms with E-state index in [1.165, 1.54) is 10.9 Å². The van der Waals surface area contributed by atoms with E-state index in [9.17, 15) is 9.59 Å². The van der Waals surface area contributed by atoms with Crippen LogP contribution in [0.25, 0.3) is 11.0 Å². The molecule has 2 heterocycles. The van der Waals surface area contributed by atoms with Crippen LogP contribution in [0.3, 0.4) is 0 Å². The molecular formula is C16H17N5O2. The van der Waals surface area contributed by atoms with Crippen molar-refractivity contribution in [3.63, 3.8) is 0 Å². The molecule has 0 spiro atoms. The first kappa shape index (κ1) is 15.0. The predicted molar refractivity (Wildman–Crippen MR) is 85.9 cm³/mol. The molecule has 0 unspecified atom stereocenters. The lowest BCUT2D eigenvalue weighted by Gasteiger charge is -2.06. The smallest absolute Gasteiger partial charge is 0.256 e. The van der Waals surface area contributed by atoms with E-state index in [0.29, 0.717) is 23.6 Å². The highest BCUT2D eigenvalue weighted by atomic mass is 16.1. The SMILES string of the molecule is Cc1c(CC(=O)NCc2nc3ccccc3[nH]2)ncn(C)c1=O. The van der Waals surface area contributed by atoms with Gasteiger partial charge in [0.05, 0.1) is 36.0 Å². The molecule has 7 nitrogen and oxygen atoms in total. The van der Waals surface area contributed by atoms with Gasteiger partial charge >= 0.3 is 0 Å². The van der Waals surface area contributed by atoms with Gasteiger partial charge in [-0.3, -0.25) is 9.59 Å². The van der Waals surface area contributed by atoms with Gasteiger partial charge in [0.25, 0.3) is 5.56 Å². The Balaban J connectivity index is 1.66. The summed E-state index contributed by atoms with van der Waals surface area (Å²) in [5.41, 5.74) is 2.64. The van der Waals surface area contributed by atoms with E-state index in [1.807, 2.05) is 24.3 Å². The minimum atomic E-state index is -0.200. The highest BCUT2D eigenvalue weighted by Crippen LogP contribution is 2.10. The Kier molecular flexibility index (Phi) is 3.92. The minimum Gasteiger partial charge on any atom is -0.349 e. The van der Waals surface area contributed by atoms with Crippen LogP contribution in [-0.2, 0) is 24.8 Å². The molecule has 1 amide bonds. The normalized spacial score (nSPS) is 10.9. The number of rotatable bonds is 4. The summed E-state index contributed by atoms with van der Waals surface area (Å²) in [6, 6.07) is 7.67. The van der Waals surface area contributed by atoms with Gasteiger partial charge in [-0.15, -0.1) is 0 Å². The lowest BCUT2D eigenvalue weighted by atomic mass is 10.2. The lowest BCUT2D eigenvalue weighted by molar-refractivity contribution is -0.120. The Morgan fingerprint density at radius 1 is 1.35 bits per heavy atom. The van der Waals surface area contributed by atoms with E-state index in [2.05, 4.69) is 20.3 Å². The number of amides is 1. The van der Waals surface area contributed by atoms with Crippen LogP contribution in [0.5, 0.6) is 0 Å². The Morgan fingerprint density at radius 2 is 2.13 bits per heavy atom. The molecule has 0 aliphatic rings. The molecule has 0 saturated carbocycles. The highest BCUT2D eigenvalue weighted by molar-refractivity contribution is 5.78. The van der Waals surface area contributed by atoms with Gasteiger partial charge in [-0.1, -0.05) is 12.1 Å². The van der Waals surface area contributed by atoms with Crippen molar-refractivity contribution in [1.29, 1.82) is 0 Å². The molecule has 3 aromatic rings. The van der Waals surface area contributed by atoms with Crippen molar-refractivity contribution in [1.82, 2.24) is 24.8 Å². The van der Waals surface area contributed by atoms with Crippen molar-refractivity contribution in [3.05, 3.63) is 58.0 Å². The fraction of sp³-hybridized carbons (Fsp3) is 0.250. The van der Waals surface area contributed by atoms with Gasteiger partial charge in [0.2, 0.25) is 5.91 Å². The van der Waals surface area contributed by atoms with Gasteiger partial charge < -0.3 is 14.9 Å². The molecule has 0 atom stereocenters. The molecule has 23 heavy (non-hydrogen) atoms. The van der Waals surface area contributed by atoms with Crippen LogP contribution in [0.4, 0.5) is 0 Å². The molecule has 2 aromatic heterocycles. The monoisotopic (exact) mass is 311 g/mol. The third kappa shape index (κ3) is 3.13. The van der Waals surface area contributed by atoms with Crippen LogP contribution in [0.1, 0.15) is 17.1 Å². The fourth-order valence-corrected chi connectivity index (χ4v) is 2.36. The number of benzene rings is 1. The Morgan fingerprint density at radius 3 is 2.91 bits per heavy atom. The number of hydrogen-bond donors (Lipinski definition) is 2. The maximum absolute atomic E-state index is 12.0. The summed E-state index contributed by atoms with van der Waals surface area (Å²) < 4.78 is 1.39. The molecule has 1 aromatic carbocycles. The van der Waals surface area contributed by atoms with Crippen LogP contribution in [0.15, 0.2) is 35.4 Å². The van der Waals surface area contributed by atoms with E-state index in [0.717, 1.165) is 11.0 Å². The third-order valence-electron chi connectivity index (χ3n) is 3.68. The fourth-order valence-electron chi connectivity index (χ4n) is 2.36. The van der Waals surface area contributed by atoms with E-state index in [-0.39, 0.29) is 17.9 Å². The van der Waals surface area contributed by atoms with Crippen molar-refractivity contribution < 1.29 is 4.79 Å². The van der Waals surface area contributed by atoms with Gasteiger partial charge in [0.15, 0.2) is 0 Å². The lowest BCUT2D eigenvalue weighted by Crippen LogP contribution is -2.28. The number of hydrogen-bond acceptors (Lipinski definition) is 4. The molecular weight excluding hydrogens is 294 g/mol. The molecule has 0 bridgehead atoms. The Labute approximate surface area is 132 Å². The number of H-pyrrole nitrogens is 1. The van der Waals surface area contributed by atoms with Crippen molar-refractivity contribution in [2.24, 2.45) is 7.05 Å². The second-order valence-electron chi connectivity index (χ2n) is 5.39.